The Hall–Kier alpha value is -1.69. The second kappa shape index (κ2) is 7.25. The molecule has 0 radical (unpaired) electrons. The van der Waals surface area contributed by atoms with Gasteiger partial charge in [0.15, 0.2) is 0 Å². The minimum atomic E-state index is -4.10. The summed E-state index contributed by atoms with van der Waals surface area (Å²) in [5, 5.41) is -0.903. The van der Waals surface area contributed by atoms with E-state index < -0.39 is 20.9 Å². The summed E-state index contributed by atoms with van der Waals surface area (Å²) in [6.45, 7) is 1.49. The van der Waals surface area contributed by atoms with Crippen molar-refractivity contribution < 1.29 is 13.0 Å². The first-order valence-electron chi connectivity index (χ1n) is 7.62. The van der Waals surface area contributed by atoms with E-state index >= 15 is 0 Å². The van der Waals surface area contributed by atoms with Gasteiger partial charge in [-0.25, -0.2) is 0 Å². The first-order valence-corrected chi connectivity index (χ1v) is 9.12. The smallest absolute Gasteiger partial charge is 0.267 e. The Balaban J connectivity index is 2.26. The largest absolute Gasteiger partial charge is 0.324 e. The molecule has 124 valence electrons. The van der Waals surface area contributed by atoms with E-state index in [-0.39, 0.29) is 6.42 Å². The topological polar surface area (TPSA) is 80.4 Å². The molecule has 0 aliphatic rings. The molecule has 4 nitrogen and oxygen atoms in total. The first kappa shape index (κ1) is 17.7. The highest BCUT2D eigenvalue weighted by molar-refractivity contribution is 7.86. The van der Waals surface area contributed by atoms with Crippen molar-refractivity contribution in [2.45, 2.75) is 37.0 Å². The molecule has 0 saturated heterocycles. The lowest BCUT2D eigenvalue weighted by atomic mass is 9.82. The van der Waals surface area contributed by atoms with E-state index in [9.17, 15) is 13.0 Å². The van der Waals surface area contributed by atoms with Crippen molar-refractivity contribution in [1.29, 1.82) is 0 Å². The summed E-state index contributed by atoms with van der Waals surface area (Å²) in [4.78, 5) is 0. The van der Waals surface area contributed by atoms with E-state index in [1.165, 1.54) is 6.92 Å². The van der Waals surface area contributed by atoms with Gasteiger partial charge in [-0.15, -0.1) is 0 Å². The molecule has 0 aliphatic heterocycles. The van der Waals surface area contributed by atoms with Crippen LogP contribution in [0.2, 0.25) is 0 Å². The van der Waals surface area contributed by atoms with Gasteiger partial charge in [0.1, 0.15) is 0 Å². The Kier molecular flexibility index (Phi) is 5.57. The molecular formula is C18H23NO3S. The van der Waals surface area contributed by atoms with E-state index in [1.807, 2.05) is 60.7 Å². The van der Waals surface area contributed by atoms with Gasteiger partial charge in [0, 0.05) is 5.54 Å². The average Bonchev–Trinajstić information content (AvgIpc) is 2.47. The van der Waals surface area contributed by atoms with Crippen molar-refractivity contribution in [3.63, 3.8) is 0 Å². The third kappa shape index (κ3) is 5.46. The van der Waals surface area contributed by atoms with Crippen molar-refractivity contribution in [2.24, 2.45) is 5.73 Å². The molecule has 0 bridgehead atoms. The SMILES string of the molecule is CC(CC(N)(Cc1ccccc1)Cc1ccccc1)S(=O)(=O)O. The highest BCUT2D eigenvalue weighted by atomic mass is 32.2. The predicted molar refractivity (Wildman–Crippen MR) is 92.8 cm³/mol. The van der Waals surface area contributed by atoms with Gasteiger partial charge >= 0.3 is 0 Å². The van der Waals surface area contributed by atoms with E-state index in [0.717, 1.165) is 11.1 Å². The van der Waals surface area contributed by atoms with Crippen LogP contribution in [0.3, 0.4) is 0 Å². The zero-order valence-corrected chi connectivity index (χ0v) is 14.0. The minimum absolute atomic E-state index is 0.190. The lowest BCUT2D eigenvalue weighted by Crippen LogP contribution is -2.47. The van der Waals surface area contributed by atoms with E-state index in [0.29, 0.717) is 12.8 Å². The molecule has 3 N–H and O–H groups in total. The van der Waals surface area contributed by atoms with Crippen LogP contribution < -0.4 is 5.73 Å². The minimum Gasteiger partial charge on any atom is -0.324 e. The van der Waals surface area contributed by atoms with Gasteiger partial charge in [0.2, 0.25) is 0 Å². The molecule has 1 unspecified atom stereocenters. The number of hydrogen-bond donors (Lipinski definition) is 2. The van der Waals surface area contributed by atoms with Crippen LogP contribution in [0, 0.1) is 0 Å². The summed E-state index contributed by atoms with van der Waals surface area (Å²) >= 11 is 0. The maximum absolute atomic E-state index is 11.4. The molecule has 0 fully saturated rings. The van der Waals surface area contributed by atoms with Gasteiger partial charge in [-0.3, -0.25) is 4.55 Å². The Bertz CT molecular complexity index is 673. The standard InChI is InChI=1S/C18H23NO3S/c1-15(23(20,21)22)12-18(19,13-16-8-4-2-5-9-16)14-17-10-6-3-7-11-17/h2-11,15H,12-14,19H2,1H3,(H,20,21,22). The van der Waals surface area contributed by atoms with Gasteiger partial charge < -0.3 is 5.73 Å². The Morgan fingerprint density at radius 3 is 1.70 bits per heavy atom. The second-order valence-corrected chi connectivity index (χ2v) is 8.05. The Morgan fingerprint density at radius 2 is 1.35 bits per heavy atom. The predicted octanol–water partition coefficient (Wildman–Crippen LogP) is 2.84. The molecule has 0 aromatic heterocycles. The fourth-order valence-corrected chi connectivity index (χ4v) is 3.43. The summed E-state index contributed by atoms with van der Waals surface area (Å²) in [6, 6.07) is 19.5. The summed E-state index contributed by atoms with van der Waals surface area (Å²) < 4.78 is 32.1. The second-order valence-electron chi connectivity index (χ2n) is 6.22. The zero-order chi connectivity index (χ0) is 16.9. The quantitative estimate of drug-likeness (QED) is 0.764. The molecule has 2 aromatic rings. The van der Waals surface area contributed by atoms with Crippen LogP contribution >= 0.6 is 0 Å². The molecule has 0 saturated carbocycles. The Morgan fingerprint density at radius 1 is 0.957 bits per heavy atom. The fraction of sp³-hybridized carbons (Fsp3) is 0.333. The number of hydrogen-bond acceptors (Lipinski definition) is 3. The van der Waals surface area contributed by atoms with Crippen molar-refractivity contribution in [3.8, 4) is 0 Å². The van der Waals surface area contributed by atoms with Crippen LogP contribution in [0.5, 0.6) is 0 Å². The zero-order valence-electron chi connectivity index (χ0n) is 13.2. The maximum Gasteiger partial charge on any atom is 0.267 e. The summed E-state index contributed by atoms with van der Waals surface area (Å²) in [5.41, 5.74) is 7.93. The molecule has 1 atom stereocenters. The molecule has 0 spiro atoms. The third-order valence-corrected chi connectivity index (χ3v) is 5.18. The summed E-state index contributed by atoms with van der Waals surface area (Å²) in [7, 11) is -4.10. The van der Waals surface area contributed by atoms with Crippen molar-refractivity contribution in [2.75, 3.05) is 0 Å². The highest BCUT2D eigenvalue weighted by Crippen LogP contribution is 2.24. The van der Waals surface area contributed by atoms with Gasteiger partial charge in [0.05, 0.1) is 5.25 Å². The van der Waals surface area contributed by atoms with Gasteiger partial charge in [-0.1, -0.05) is 60.7 Å². The lowest BCUT2D eigenvalue weighted by Gasteiger charge is -2.32. The maximum atomic E-state index is 11.4. The van der Waals surface area contributed by atoms with Crippen LogP contribution in [-0.2, 0) is 23.0 Å². The van der Waals surface area contributed by atoms with Gasteiger partial charge in [0.25, 0.3) is 10.1 Å². The van der Waals surface area contributed by atoms with Gasteiger partial charge in [-0.05, 0) is 37.3 Å². The van der Waals surface area contributed by atoms with Crippen molar-refractivity contribution in [3.05, 3.63) is 71.8 Å². The number of nitrogens with two attached hydrogens (primary N) is 1. The molecule has 0 aliphatic carbocycles. The van der Waals surface area contributed by atoms with Crippen LogP contribution in [0.15, 0.2) is 60.7 Å². The van der Waals surface area contributed by atoms with Crippen LogP contribution in [0.1, 0.15) is 24.5 Å². The van der Waals surface area contributed by atoms with Crippen LogP contribution in [0.4, 0.5) is 0 Å². The molecule has 0 heterocycles. The number of benzene rings is 2. The average molecular weight is 333 g/mol. The molecule has 23 heavy (non-hydrogen) atoms. The third-order valence-electron chi connectivity index (χ3n) is 4.00. The van der Waals surface area contributed by atoms with Crippen LogP contribution in [-0.4, -0.2) is 23.8 Å². The molecule has 2 rings (SSSR count). The number of rotatable bonds is 7. The molecule has 0 amide bonds. The van der Waals surface area contributed by atoms with Crippen LogP contribution in [0.25, 0.3) is 0 Å². The first-order chi connectivity index (χ1) is 10.8. The summed E-state index contributed by atoms with van der Waals surface area (Å²) in [6.07, 6.45) is 1.28. The normalized spacial score (nSPS) is 13.7. The van der Waals surface area contributed by atoms with Crippen molar-refractivity contribution >= 4 is 10.1 Å². The fourth-order valence-electron chi connectivity index (χ4n) is 2.89. The molecular weight excluding hydrogens is 310 g/mol. The summed E-state index contributed by atoms with van der Waals surface area (Å²) in [5.74, 6) is 0. The molecule has 2 aromatic carbocycles. The van der Waals surface area contributed by atoms with E-state index in [4.69, 9.17) is 5.73 Å². The van der Waals surface area contributed by atoms with Crippen molar-refractivity contribution in [1.82, 2.24) is 0 Å². The Labute approximate surface area is 138 Å². The lowest BCUT2D eigenvalue weighted by molar-refractivity contribution is 0.369. The van der Waals surface area contributed by atoms with Gasteiger partial charge in [-0.2, -0.15) is 8.42 Å². The van der Waals surface area contributed by atoms with E-state index in [2.05, 4.69) is 0 Å². The monoisotopic (exact) mass is 333 g/mol. The highest BCUT2D eigenvalue weighted by Gasteiger charge is 2.32. The molecule has 5 heteroatoms. The van der Waals surface area contributed by atoms with E-state index in [1.54, 1.807) is 0 Å².